The van der Waals surface area contributed by atoms with Crippen molar-refractivity contribution in [3.8, 4) is 5.75 Å². The first kappa shape index (κ1) is 17.1. The van der Waals surface area contributed by atoms with Gasteiger partial charge >= 0.3 is 6.03 Å². The van der Waals surface area contributed by atoms with Gasteiger partial charge < -0.3 is 20.7 Å². The van der Waals surface area contributed by atoms with Crippen LogP contribution in [0.4, 0.5) is 4.79 Å². The fourth-order valence-electron chi connectivity index (χ4n) is 3.65. The van der Waals surface area contributed by atoms with Gasteiger partial charge in [-0.1, -0.05) is 54.6 Å². The molecule has 0 saturated heterocycles. The number of amides is 2. The van der Waals surface area contributed by atoms with Gasteiger partial charge in [-0.3, -0.25) is 0 Å². The molecule has 142 valence electrons. The summed E-state index contributed by atoms with van der Waals surface area (Å²) in [6.45, 7) is 0. The summed E-state index contributed by atoms with van der Waals surface area (Å²) in [5.41, 5.74) is 5.04. The van der Waals surface area contributed by atoms with Gasteiger partial charge in [0, 0.05) is 5.57 Å². The van der Waals surface area contributed by atoms with Crippen LogP contribution >= 0.6 is 0 Å². The van der Waals surface area contributed by atoms with Crippen molar-refractivity contribution >= 4 is 28.3 Å². The number of nitrogens with one attached hydrogen (secondary N) is 3. The summed E-state index contributed by atoms with van der Waals surface area (Å²) in [5.74, 6) is 0.849. The lowest BCUT2D eigenvalue weighted by molar-refractivity contribution is 0.242. The molecule has 1 aliphatic heterocycles. The number of hydrogen-bond acceptors (Lipinski definition) is 3. The van der Waals surface area contributed by atoms with E-state index in [2.05, 4.69) is 15.6 Å². The molecule has 0 spiro atoms. The number of aromatic hydroxyl groups is 1. The second-order valence-electron chi connectivity index (χ2n) is 6.88. The Labute approximate surface area is 166 Å². The summed E-state index contributed by atoms with van der Waals surface area (Å²) < 4.78 is 0. The van der Waals surface area contributed by atoms with Gasteiger partial charge in [0.1, 0.15) is 11.6 Å². The molecule has 1 unspecified atom stereocenters. The molecule has 0 saturated carbocycles. The largest absolute Gasteiger partial charge is 0.508 e. The van der Waals surface area contributed by atoms with Gasteiger partial charge in [0.2, 0.25) is 0 Å². The van der Waals surface area contributed by atoms with Crippen molar-refractivity contribution in [2.24, 2.45) is 0 Å². The molecule has 2 amide bonds. The van der Waals surface area contributed by atoms with Crippen molar-refractivity contribution in [3.05, 3.63) is 95.8 Å². The number of benzene rings is 3. The van der Waals surface area contributed by atoms with E-state index in [0.717, 1.165) is 27.7 Å². The van der Waals surface area contributed by atoms with E-state index in [1.807, 2.05) is 54.6 Å². The van der Waals surface area contributed by atoms with Crippen LogP contribution in [0.2, 0.25) is 0 Å². The van der Waals surface area contributed by atoms with E-state index < -0.39 is 6.04 Å². The lowest BCUT2D eigenvalue weighted by Crippen LogP contribution is -2.43. The van der Waals surface area contributed by atoms with Gasteiger partial charge in [0.05, 0.1) is 22.8 Å². The molecule has 6 nitrogen and oxygen atoms in total. The van der Waals surface area contributed by atoms with E-state index >= 15 is 0 Å². The number of para-hydroxylation sites is 2. The number of rotatable bonds is 3. The van der Waals surface area contributed by atoms with Crippen LogP contribution in [0.1, 0.15) is 23.0 Å². The second-order valence-corrected chi connectivity index (χ2v) is 6.88. The number of nitrogens with zero attached hydrogens (tertiary/aromatic N) is 1. The molecule has 3 aromatic carbocycles. The third kappa shape index (κ3) is 3.10. The van der Waals surface area contributed by atoms with Crippen molar-refractivity contribution in [2.75, 3.05) is 0 Å². The summed E-state index contributed by atoms with van der Waals surface area (Å²) in [7, 11) is 0. The monoisotopic (exact) mass is 382 g/mol. The first-order chi connectivity index (χ1) is 14.2. The summed E-state index contributed by atoms with van der Waals surface area (Å²) >= 11 is 0. The van der Waals surface area contributed by atoms with Crippen molar-refractivity contribution in [1.29, 1.82) is 0 Å². The van der Waals surface area contributed by atoms with Crippen LogP contribution in [-0.2, 0) is 0 Å². The number of aromatic amines is 1. The number of aromatic nitrogens is 2. The number of H-pyrrole nitrogens is 1. The molecule has 2 heterocycles. The average Bonchev–Trinajstić information content (AvgIpc) is 3.18. The minimum Gasteiger partial charge on any atom is -0.508 e. The van der Waals surface area contributed by atoms with Crippen molar-refractivity contribution in [1.82, 2.24) is 20.6 Å². The Morgan fingerprint density at radius 1 is 0.862 bits per heavy atom. The molecule has 0 fully saturated rings. The van der Waals surface area contributed by atoms with E-state index in [-0.39, 0.29) is 11.8 Å². The van der Waals surface area contributed by atoms with Gasteiger partial charge in [-0.25, -0.2) is 9.78 Å². The fourth-order valence-corrected chi connectivity index (χ4v) is 3.65. The van der Waals surface area contributed by atoms with Crippen LogP contribution in [0.25, 0.3) is 22.3 Å². The zero-order chi connectivity index (χ0) is 19.8. The molecule has 29 heavy (non-hydrogen) atoms. The Kier molecular flexibility index (Phi) is 4.02. The standard InChI is InChI=1S/C23H18N4O2/c28-16-12-10-15(11-13-16)21-19(22-24-17-8-4-5-9-18(17)25-22)20(26-23(29)27-21)14-6-2-1-3-7-14/h1-13,21,28H,(H,24,25)(H2,26,27,29). The number of urea groups is 1. The predicted molar refractivity (Wildman–Crippen MR) is 112 cm³/mol. The maximum atomic E-state index is 12.5. The minimum atomic E-state index is -0.430. The topological polar surface area (TPSA) is 90.0 Å². The Hall–Kier alpha value is -4.06. The lowest BCUT2D eigenvalue weighted by Gasteiger charge is -2.30. The molecular formula is C23H18N4O2. The summed E-state index contributed by atoms with van der Waals surface area (Å²) in [6, 6.07) is 23.6. The van der Waals surface area contributed by atoms with E-state index in [1.165, 1.54) is 0 Å². The smallest absolute Gasteiger partial charge is 0.320 e. The Bertz CT molecular complexity index is 1190. The highest BCUT2D eigenvalue weighted by molar-refractivity contribution is 6.02. The van der Waals surface area contributed by atoms with E-state index in [0.29, 0.717) is 11.5 Å². The molecule has 1 atom stereocenters. The quantitative estimate of drug-likeness (QED) is 0.428. The zero-order valence-corrected chi connectivity index (χ0v) is 15.4. The molecule has 0 aliphatic carbocycles. The normalized spacial score (nSPS) is 16.6. The lowest BCUT2D eigenvalue weighted by atomic mass is 9.92. The summed E-state index contributed by atoms with van der Waals surface area (Å²) in [5, 5.41) is 15.6. The third-order valence-electron chi connectivity index (χ3n) is 5.01. The molecule has 6 heteroatoms. The molecule has 1 aromatic heterocycles. The molecule has 1 aliphatic rings. The average molecular weight is 382 g/mol. The van der Waals surface area contributed by atoms with Crippen molar-refractivity contribution < 1.29 is 9.90 Å². The number of hydrogen-bond donors (Lipinski definition) is 4. The highest BCUT2D eigenvalue weighted by Crippen LogP contribution is 2.37. The van der Waals surface area contributed by atoms with Crippen LogP contribution in [0.5, 0.6) is 5.75 Å². The van der Waals surface area contributed by atoms with Crippen LogP contribution in [-0.4, -0.2) is 21.1 Å². The van der Waals surface area contributed by atoms with Crippen LogP contribution in [0.3, 0.4) is 0 Å². The summed E-state index contributed by atoms with van der Waals surface area (Å²) in [4.78, 5) is 20.7. The number of fused-ring (bicyclic) bond motifs is 1. The van der Waals surface area contributed by atoms with E-state index in [4.69, 9.17) is 4.98 Å². The molecular weight excluding hydrogens is 364 g/mol. The molecule has 4 aromatic rings. The number of imidazole rings is 1. The Morgan fingerprint density at radius 2 is 1.59 bits per heavy atom. The Balaban J connectivity index is 1.76. The van der Waals surface area contributed by atoms with E-state index in [9.17, 15) is 9.90 Å². The maximum absolute atomic E-state index is 12.5. The summed E-state index contributed by atoms with van der Waals surface area (Å²) in [6.07, 6.45) is 0. The van der Waals surface area contributed by atoms with Crippen molar-refractivity contribution in [3.63, 3.8) is 0 Å². The highest BCUT2D eigenvalue weighted by Gasteiger charge is 2.31. The Morgan fingerprint density at radius 3 is 2.34 bits per heavy atom. The number of carbonyl (C=O) groups excluding carboxylic acids is 1. The minimum absolute atomic E-state index is 0.173. The third-order valence-corrected chi connectivity index (χ3v) is 5.01. The van der Waals surface area contributed by atoms with Gasteiger partial charge in [-0.15, -0.1) is 0 Å². The van der Waals surface area contributed by atoms with Crippen LogP contribution < -0.4 is 10.6 Å². The van der Waals surface area contributed by atoms with Gasteiger partial charge in [-0.2, -0.15) is 0 Å². The van der Waals surface area contributed by atoms with Gasteiger partial charge in [0.15, 0.2) is 0 Å². The van der Waals surface area contributed by atoms with Crippen molar-refractivity contribution in [2.45, 2.75) is 6.04 Å². The van der Waals surface area contributed by atoms with Gasteiger partial charge in [-0.05, 0) is 35.4 Å². The number of phenols is 1. The second kappa shape index (κ2) is 6.83. The molecule has 0 radical (unpaired) electrons. The van der Waals surface area contributed by atoms with Crippen LogP contribution in [0, 0.1) is 0 Å². The predicted octanol–water partition coefficient (Wildman–Crippen LogP) is 4.19. The fraction of sp³-hybridized carbons (Fsp3) is 0.0435. The molecule has 0 bridgehead atoms. The van der Waals surface area contributed by atoms with E-state index in [1.54, 1.807) is 24.3 Å². The first-order valence-electron chi connectivity index (χ1n) is 9.30. The van der Waals surface area contributed by atoms with Crippen LogP contribution in [0.15, 0.2) is 78.9 Å². The maximum Gasteiger partial charge on any atom is 0.320 e. The number of carbonyl (C=O) groups is 1. The first-order valence-corrected chi connectivity index (χ1v) is 9.30. The zero-order valence-electron chi connectivity index (χ0n) is 15.4. The SMILES string of the molecule is O=C1NC(c2ccccc2)=C(c2nc3ccccc3[nH]2)C(c2ccc(O)cc2)N1. The molecule has 5 rings (SSSR count). The highest BCUT2D eigenvalue weighted by atomic mass is 16.3. The van der Waals surface area contributed by atoms with Gasteiger partial charge in [0.25, 0.3) is 0 Å². The molecule has 4 N–H and O–H groups in total. The number of phenolic OH excluding ortho intramolecular Hbond substituents is 1.